The molecule has 9 nitrogen and oxygen atoms in total. The van der Waals surface area contributed by atoms with Crippen molar-refractivity contribution >= 4 is 35.2 Å². The number of carbonyl (C=O) groups is 3. The highest BCUT2D eigenvalue weighted by Crippen LogP contribution is 2.30. The summed E-state index contributed by atoms with van der Waals surface area (Å²) in [5.74, 6) is 0.129. The highest BCUT2D eigenvalue weighted by molar-refractivity contribution is 6.09. The number of nitrogens with one attached hydrogen (secondary N) is 3. The zero-order chi connectivity index (χ0) is 24.3. The van der Waals surface area contributed by atoms with Crippen LogP contribution in [0, 0.1) is 0 Å². The molecule has 0 fully saturated rings. The van der Waals surface area contributed by atoms with E-state index in [1.165, 1.54) is 14.0 Å². The lowest BCUT2D eigenvalue weighted by Crippen LogP contribution is -2.37. The molecular formula is C25H24N4O5. The second-order valence-electron chi connectivity index (χ2n) is 7.06. The Bertz CT molecular complexity index is 1180. The number of para-hydroxylation sites is 1. The number of alkyl carbamates (subject to hydrolysis) is 1. The maximum atomic E-state index is 12.5. The minimum Gasteiger partial charge on any atom is -0.457 e. The van der Waals surface area contributed by atoms with E-state index in [2.05, 4.69) is 25.7 Å². The first-order valence-corrected chi connectivity index (χ1v) is 10.3. The Morgan fingerprint density at radius 3 is 2.15 bits per heavy atom. The number of nitrogens with zero attached hydrogens (tertiary/aromatic N) is 1. The molecule has 0 spiro atoms. The van der Waals surface area contributed by atoms with Crippen LogP contribution in [-0.4, -0.2) is 31.0 Å². The molecule has 9 heteroatoms. The predicted molar refractivity (Wildman–Crippen MR) is 129 cm³/mol. The van der Waals surface area contributed by atoms with Gasteiger partial charge < -0.3 is 20.1 Å². The van der Waals surface area contributed by atoms with Gasteiger partial charge in [0.15, 0.2) is 0 Å². The van der Waals surface area contributed by atoms with E-state index in [0.29, 0.717) is 22.9 Å². The summed E-state index contributed by atoms with van der Waals surface area (Å²) in [4.78, 5) is 40.1. The second-order valence-corrected chi connectivity index (χ2v) is 7.06. The Morgan fingerprint density at radius 1 is 0.824 bits per heavy atom. The Labute approximate surface area is 196 Å². The summed E-state index contributed by atoms with van der Waals surface area (Å²) in [5.41, 5.74) is 1.50. The molecule has 34 heavy (non-hydrogen) atoms. The Hall–Kier alpha value is -4.66. The van der Waals surface area contributed by atoms with Crippen molar-refractivity contribution in [1.29, 1.82) is 0 Å². The van der Waals surface area contributed by atoms with E-state index >= 15 is 0 Å². The summed E-state index contributed by atoms with van der Waals surface area (Å²) < 4.78 is 10.4. The van der Waals surface area contributed by atoms with Crippen LogP contribution in [0.15, 0.2) is 83.9 Å². The van der Waals surface area contributed by atoms with Crippen LogP contribution in [0.2, 0.25) is 0 Å². The molecule has 0 aliphatic carbocycles. The predicted octanol–water partition coefficient (Wildman–Crippen LogP) is 4.33. The van der Waals surface area contributed by atoms with Gasteiger partial charge >= 0.3 is 6.09 Å². The van der Waals surface area contributed by atoms with E-state index in [9.17, 15) is 14.4 Å². The van der Waals surface area contributed by atoms with Crippen molar-refractivity contribution in [2.75, 3.05) is 17.7 Å². The van der Waals surface area contributed by atoms with Crippen LogP contribution >= 0.6 is 0 Å². The number of aliphatic imine (C=N–C) groups is 1. The number of carbonyl (C=O) groups excluding carboxylic acids is 3. The fourth-order valence-electron chi connectivity index (χ4n) is 2.91. The summed E-state index contributed by atoms with van der Waals surface area (Å²) in [6.07, 6.45) is -0.777. The Morgan fingerprint density at radius 2 is 1.50 bits per heavy atom. The molecule has 0 bridgehead atoms. The largest absolute Gasteiger partial charge is 0.457 e. The van der Waals surface area contributed by atoms with Gasteiger partial charge in [0.25, 0.3) is 5.91 Å². The van der Waals surface area contributed by atoms with Crippen molar-refractivity contribution in [2.45, 2.75) is 13.3 Å². The minimum atomic E-state index is -0.816. The molecule has 0 saturated carbocycles. The third kappa shape index (κ3) is 7.49. The molecule has 3 N–H and O–H groups in total. The number of hydrogen-bond donors (Lipinski definition) is 3. The first-order chi connectivity index (χ1) is 16.4. The molecule has 0 aliphatic heterocycles. The van der Waals surface area contributed by atoms with Crippen molar-refractivity contribution in [3.8, 4) is 11.5 Å². The highest BCUT2D eigenvalue weighted by Gasteiger charge is 2.14. The van der Waals surface area contributed by atoms with E-state index in [0.717, 1.165) is 5.56 Å². The molecular weight excluding hydrogens is 436 g/mol. The van der Waals surface area contributed by atoms with Gasteiger partial charge in [-0.25, -0.2) is 4.79 Å². The summed E-state index contributed by atoms with van der Waals surface area (Å²) in [6.45, 7) is 1.36. The van der Waals surface area contributed by atoms with Crippen LogP contribution in [0.25, 0.3) is 0 Å². The normalized spacial score (nSPS) is 10.7. The van der Waals surface area contributed by atoms with Crippen LogP contribution in [0.4, 0.5) is 16.2 Å². The molecule has 0 unspecified atom stereocenters. The molecule has 0 saturated heterocycles. The Balaban J connectivity index is 1.86. The average molecular weight is 460 g/mol. The molecule has 3 rings (SSSR count). The van der Waals surface area contributed by atoms with Gasteiger partial charge in [-0.2, -0.15) is 4.99 Å². The lowest BCUT2D eigenvalue weighted by atomic mass is 10.1. The van der Waals surface area contributed by atoms with Gasteiger partial charge in [-0.05, 0) is 29.8 Å². The minimum absolute atomic E-state index is 0.0390. The number of ether oxygens (including phenoxy) is 2. The lowest BCUT2D eigenvalue weighted by molar-refractivity contribution is -0.117. The molecule has 0 atom stereocenters. The third-order valence-corrected chi connectivity index (χ3v) is 4.37. The van der Waals surface area contributed by atoms with Gasteiger partial charge in [0.05, 0.1) is 24.9 Å². The van der Waals surface area contributed by atoms with Crippen molar-refractivity contribution in [2.24, 2.45) is 4.99 Å². The molecule has 0 aromatic heterocycles. The zero-order valence-corrected chi connectivity index (χ0v) is 18.7. The lowest BCUT2D eigenvalue weighted by Gasteiger charge is -2.16. The van der Waals surface area contributed by atoms with Crippen LogP contribution < -0.4 is 20.7 Å². The van der Waals surface area contributed by atoms with Crippen molar-refractivity contribution in [3.63, 3.8) is 0 Å². The Kier molecular flexibility index (Phi) is 8.34. The number of hydrogen-bond acceptors (Lipinski definition) is 5. The van der Waals surface area contributed by atoms with Gasteiger partial charge in [0.2, 0.25) is 11.9 Å². The summed E-state index contributed by atoms with van der Waals surface area (Å²) in [5, 5.41) is 7.95. The van der Waals surface area contributed by atoms with E-state index < -0.39 is 12.0 Å². The first-order valence-electron chi connectivity index (χ1n) is 10.3. The van der Waals surface area contributed by atoms with Crippen LogP contribution in [0.3, 0.4) is 0 Å². The van der Waals surface area contributed by atoms with Gasteiger partial charge in [0, 0.05) is 13.0 Å². The summed E-state index contributed by atoms with van der Waals surface area (Å²) in [7, 11) is 1.19. The molecule has 3 aromatic carbocycles. The van der Waals surface area contributed by atoms with E-state index in [-0.39, 0.29) is 18.3 Å². The zero-order valence-electron chi connectivity index (χ0n) is 18.7. The van der Waals surface area contributed by atoms with Gasteiger partial charge in [-0.3, -0.25) is 14.9 Å². The smallest absolute Gasteiger partial charge is 0.413 e. The maximum Gasteiger partial charge on any atom is 0.413 e. The first kappa shape index (κ1) is 24.0. The SMILES string of the molecule is COC(=O)N/C(=N/C(=O)Cc1ccccc1)Nc1ccc(Oc2ccccc2)cc1NC(C)=O. The molecule has 3 amide bonds. The fourth-order valence-corrected chi connectivity index (χ4v) is 2.91. The topological polar surface area (TPSA) is 118 Å². The van der Waals surface area contributed by atoms with Crippen LogP contribution in [-0.2, 0) is 20.7 Å². The van der Waals surface area contributed by atoms with Crippen LogP contribution in [0.1, 0.15) is 12.5 Å². The van der Waals surface area contributed by atoms with Crippen LogP contribution in [0.5, 0.6) is 11.5 Å². The van der Waals surface area contributed by atoms with Gasteiger partial charge in [0.1, 0.15) is 11.5 Å². The molecule has 174 valence electrons. The number of amides is 3. The molecule has 3 aromatic rings. The average Bonchev–Trinajstić information content (AvgIpc) is 2.81. The second kappa shape index (κ2) is 11.8. The summed E-state index contributed by atoms with van der Waals surface area (Å²) in [6, 6.07) is 23.1. The quantitative estimate of drug-likeness (QED) is 0.372. The number of guanidine groups is 1. The van der Waals surface area contributed by atoms with Crippen molar-refractivity contribution in [1.82, 2.24) is 5.32 Å². The number of anilines is 2. The monoisotopic (exact) mass is 460 g/mol. The van der Waals surface area contributed by atoms with Gasteiger partial charge in [-0.15, -0.1) is 0 Å². The highest BCUT2D eigenvalue weighted by atomic mass is 16.5. The standard InChI is InChI=1S/C25H24N4O5/c1-17(30)26-22-16-20(34-19-11-7-4-8-12-19)13-14-21(22)27-24(29-25(32)33-2)28-23(31)15-18-9-5-3-6-10-18/h3-14,16H,15H2,1-2H3,(H,26,30)(H2,27,28,29,31,32). The molecule has 0 radical (unpaired) electrons. The van der Waals surface area contributed by atoms with Gasteiger partial charge in [-0.1, -0.05) is 48.5 Å². The van der Waals surface area contributed by atoms with E-state index in [4.69, 9.17) is 4.74 Å². The molecule has 0 heterocycles. The third-order valence-electron chi connectivity index (χ3n) is 4.37. The van der Waals surface area contributed by atoms with Crippen molar-refractivity contribution < 1.29 is 23.9 Å². The number of rotatable bonds is 6. The number of methoxy groups -OCH3 is 1. The summed E-state index contributed by atoms with van der Waals surface area (Å²) >= 11 is 0. The fraction of sp³-hybridized carbons (Fsp3) is 0.120. The number of benzene rings is 3. The molecule has 0 aliphatic rings. The van der Waals surface area contributed by atoms with E-state index in [1.807, 2.05) is 36.4 Å². The van der Waals surface area contributed by atoms with E-state index in [1.54, 1.807) is 42.5 Å². The van der Waals surface area contributed by atoms with Crippen molar-refractivity contribution in [3.05, 3.63) is 84.4 Å². The maximum absolute atomic E-state index is 12.5.